The fraction of sp³-hybridized carbons (Fsp3) is 0.429. The molecule has 0 aromatic heterocycles. The molecule has 0 aliphatic carbocycles. The molecule has 120 valence electrons. The van der Waals surface area contributed by atoms with Crippen molar-refractivity contribution < 1.29 is 13.2 Å². The molecule has 0 bridgehead atoms. The number of thiocarbonyl (C=S) groups is 1. The van der Waals surface area contributed by atoms with Crippen LogP contribution in [0.5, 0.6) is 0 Å². The maximum Gasteiger partial charge on any atom is 0.234 e. The van der Waals surface area contributed by atoms with Crippen LogP contribution in [-0.2, 0) is 14.6 Å². The average Bonchev–Trinajstić information content (AvgIpc) is 2.98. The second kappa shape index (κ2) is 7.43. The van der Waals surface area contributed by atoms with Gasteiger partial charge in [-0.3, -0.25) is 4.79 Å². The summed E-state index contributed by atoms with van der Waals surface area (Å²) >= 11 is 6.61. The number of thioether (sulfide) groups is 1. The summed E-state index contributed by atoms with van der Waals surface area (Å²) in [5.41, 5.74) is 0.308. The summed E-state index contributed by atoms with van der Waals surface area (Å²) in [4.78, 5) is 14.2. The molecule has 22 heavy (non-hydrogen) atoms. The van der Waals surface area contributed by atoms with E-state index >= 15 is 0 Å². The number of hydrogen-bond acceptors (Lipinski definition) is 5. The van der Waals surface area contributed by atoms with Gasteiger partial charge in [0.05, 0.1) is 16.3 Å². The molecular formula is C14H18N2O3S3. The fourth-order valence-corrected chi connectivity index (χ4v) is 4.09. The Morgan fingerprint density at radius 3 is 2.59 bits per heavy atom. The molecule has 1 saturated heterocycles. The third kappa shape index (κ3) is 4.69. The molecular weight excluding hydrogens is 340 g/mol. The Kier molecular flexibility index (Phi) is 5.82. The van der Waals surface area contributed by atoms with Crippen molar-refractivity contribution in [3.63, 3.8) is 0 Å². The SMILES string of the molecule is CS(=O)(=O)c1ccccc1NC(=O)CSC(=S)N1CCCC1. The first-order valence-electron chi connectivity index (χ1n) is 6.88. The summed E-state index contributed by atoms with van der Waals surface area (Å²) in [5.74, 6) is -0.0874. The highest BCUT2D eigenvalue weighted by molar-refractivity contribution is 8.23. The largest absolute Gasteiger partial charge is 0.358 e. The number of benzene rings is 1. The number of carbonyl (C=O) groups is 1. The van der Waals surface area contributed by atoms with Gasteiger partial charge >= 0.3 is 0 Å². The lowest BCUT2D eigenvalue weighted by Gasteiger charge is -2.17. The molecule has 1 N–H and O–H groups in total. The molecule has 0 unspecified atom stereocenters. The van der Waals surface area contributed by atoms with E-state index in [1.807, 2.05) is 0 Å². The van der Waals surface area contributed by atoms with E-state index in [1.165, 1.54) is 17.8 Å². The lowest BCUT2D eigenvalue weighted by Crippen LogP contribution is -2.25. The van der Waals surface area contributed by atoms with E-state index in [9.17, 15) is 13.2 Å². The zero-order chi connectivity index (χ0) is 16.2. The smallest absolute Gasteiger partial charge is 0.234 e. The Labute approximate surface area is 140 Å². The summed E-state index contributed by atoms with van der Waals surface area (Å²) in [6, 6.07) is 6.38. The van der Waals surface area contributed by atoms with Crippen molar-refractivity contribution in [2.24, 2.45) is 0 Å². The molecule has 5 nitrogen and oxygen atoms in total. The van der Waals surface area contributed by atoms with E-state index in [2.05, 4.69) is 10.2 Å². The van der Waals surface area contributed by atoms with E-state index in [1.54, 1.807) is 18.2 Å². The molecule has 0 atom stereocenters. The predicted octanol–water partition coefficient (Wildman–Crippen LogP) is 2.14. The van der Waals surface area contributed by atoms with Gasteiger partial charge in [0.1, 0.15) is 4.32 Å². The van der Waals surface area contributed by atoms with Crippen molar-refractivity contribution in [3.8, 4) is 0 Å². The maximum absolute atomic E-state index is 12.0. The van der Waals surface area contributed by atoms with Gasteiger partial charge in [-0.25, -0.2) is 8.42 Å². The number of nitrogens with zero attached hydrogens (tertiary/aromatic N) is 1. The molecule has 1 fully saturated rings. The van der Waals surface area contributed by atoms with E-state index in [-0.39, 0.29) is 16.6 Å². The zero-order valence-corrected chi connectivity index (χ0v) is 14.7. The highest BCUT2D eigenvalue weighted by atomic mass is 32.2. The van der Waals surface area contributed by atoms with Gasteiger partial charge < -0.3 is 10.2 Å². The number of carbonyl (C=O) groups excluding carboxylic acids is 1. The number of amides is 1. The molecule has 0 spiro atoms. The normalized spacial score (nSPS) is 14.9. The molecule has 1 heterocycles. The Hall–Kier alpha value is -1.12. The Morgan fingerprint density at radius 2 is 1.95 bits per heavy atom. The van der Waals surface area contributed by atoms with Crippen LogP contribution in [0.4, 0.5) is 5.69 Å². The summed E-state index contributed by atoms with van der Waals surface area (Å²) < 4.78 is 24.1. The van der Waals surface area contributed by atoms with Crippen molar-refractivity contribution in [1.82, 2.24) is 4.90 Å². The number of hydrogen-bond donors (Lipinski definition) is 1. The van der Waals surface area contributed by atoms with Crippen molar-refractivity contribution in [3.05, 3.63) is 24.3 Å². The molecule has 1 aromatic rings. The lowest BCUT2D eigenvalue weighted by atomic mass is 10.3. The van der Waals surface area contributed by atoms with E-state index in [0.717, 1.165) is 36.5 Å². The first-order chi connectivity index (χ1) is 10.4. The number of likely N-dealkylation sites (tertiary alicyclic amines) is 1. The highest BCUT2D eigenvalue weighted by Gasteiger charge is 2.18. The summed E-state index contributed by atoms with van der Waals surface area (Å²) in [7, 11) is -3.38. The van der Waals surface area contributed by atoms with Gasteiger partial charge in [0.2, 0.25) is 5.91 Å². The van der Waals surface area contributed by atoms with Crippen LogP contribution in [0.2, 0.25) is 0 Å². The number of rotatable bonds is 4. The Balaban J connectivity index is 1.94. The third-order valence-corrected chi connectivity index (χ3v) is 5.93. The van der Waals surface area contributed by atoms with Gasteiger partial charge in [-0.2, -0.15) is 0 Å². The second-order valence-electron chi connectivity index (χ2n) is 5.07. The summed E-state index contributed by atoms with van der Waals surface area (Å²) in [5, 5.41) is 2.65. The fourth-order valence-electron chi connectivity index (χ4n) is 2.20. The zero-order valence-electron chi connectivity index (χ0n) is 12.2. The minimum Gasteiger partial charge on any atom is -0.358 e. The van der Waals surface area contributed by atoms with Gasteiger partial charge in [-0.05, 0) is 25.0 Å². The van der Waals surface area contributed by atoms with Gasteiger partial charge in [0.15, 0.2) is 9.84 Å². The number of anilines is 1. The van der Waals surface area contributed by atoms with Crippen LogP contribution in [0, 0.1) is 0 Å². The first kappa shape index (κ1) is 17.2. The van der Waals surface area contributed by atoms with Crippen LogP contribution in [-0.4, -0.2) is 48.6 Å². The van der Waals surface area contributed by atoms with Crippen LogP contribution >= 0.6 is 24.0 Å². The highest BCUT2D eigenvalue weighted by Crippen LogP contribution is 2.21. The molecule has 1 aliphatic rings. The molecule has 1 aliphatic heterocycles. The molecule has 1 amide bonds. The topological polar surface area (TPSA) is 66.5 Å². The second-order valence-corrected chi connectivity index (χ2v) is 8.66. The van der Waals surface area contributed by atoms with Crippen LogP contribution in [0.25, 0.3) is 0 Å². The number of para-hydroxylation sites is 1. The Bertz CT molecular complexity index is 668. The van der Waals surface area contributed by atoms with Gasteiger partial charge in [0, 0.05) is 19.3 Å². The van der Waals surface area contributed by atoms with Gasteiger partial charge in [-0.1, -0.05) is 36.1 Å². The van der Waals surface area contributed by atoms with Crippen LogP contribution < -0.4 is 5.32 Å². The quantitative estimate of drug-likeness (QED) is 0.832. The molecule has 8 heteroatoms. The predicted molar refractivity (Wildman–Crippen MR) is 94.0 cm³/mol. The average molecular weight is 359 g/mol. The monoisotopic (exact) mass is 358 g/mol. The van der Waals surface area contributed by atoms with E-state index < -0.39 is 9.84 Å². The molecule has 0 radical (unpaired) electrons. The molecule has 0 saturated carbocycles. The first-order valence-corrected chi connectivity index (χ1v) is 10.2. The third-order valence-electron chi connectivity index (χ3n) is 3.25. The standard InChI is InChI=1S/C14H18N2O3S3/c1-22(18,19)12-7-3-2-6-11(12)15-13(17)10-21-14(20)16-8-4-5-9-16/h2-3,6-7H,4-5,8-10H2,1H3,(H,15,17). The van der Waals surface area contributed by atoms with Crippen molar-refractivity contribution in [2.45, 2.75) is 17.7 Å². The Morgan fingerprint density at radius 1 is 1.32 bits per heavy atom. The van der Waals surface area contributed by atoms with Crippen molar-refractivity contribution >= 4 is 49.7 Å². The summed E-state index contributed by atoms with van der Waals surface area (Å²) in [6.07, 6.45) is 3.39. The van der Waals surface area contributed by atoms with Crippen molar-refractivity contribution in [2.75, 3.05) is 30.4 Å². The van der Waals surface area contributed by atoms with Gasteiger partial charge in [0.25, 0.3) is 0 Å². The maximum atomic E-state index is 12.0. The van der Waals surface area contributed by atoms with Gasteiger partial charge in [-0.15, -0.1) is 0 Å². The molecule has 2 rings (SSSR count). The van der Waals surface area contributed by atoms with Crippen LogP contribution in [0.3, 0.4) is 0 Å². The minimum absolute atomic E-state index is 0.121. The number of sulfone groups is 1. The van der Waals surface area contributed by atoms with E-state index in [4.69, 9.17) is 12.2 Å². The van der Waals surface area contributed by atoms with Crippen molar-refractivity contribution in [1.29, 1.82) is 0 Å². The van der Waals surface area contributed by atoms with Crippen LogP contribution in [0.15, 0.2) is 29.2 Å². The number of nitrogens with one attached hydrogen (secondary N) is 1. The molecule has 1 aromatic carbocycles. The lowest BCUT2D eigenvalue weighted by molar-refractivity contribution is -0.113. The van der Waals surface area contributed by atoms with E-state index in [0.29, 0.717) is 5.69 Å². The van der Waals surface area contributed by atoms with Crippen LogP contribution in [0.1, 0.15) is 12.8 Å². The summed E-state index contributed by atoms with van der Waals surface area (Å²) in [6.45, 7) is 1.90. The minimum atomic E-state index is -3.38.